The van der Waals surface area contributed by atoms with Crippen molar-refractivity contribution in [3.8, 4) is 56.4 Å². The van der Waals surface area contributed by atoms with Gasteiger partial charge in [0.05, 0.1) is 0 Å². The summed E-state index contributed by atoms with van der Waals surface area (Å²) in [5.41, 5.74) is 8.99. The zero-order chi connectivity index (χ0) is 35.6. The van der Waals surface area contributed by atoms with Crippen LogP contribution in [-0.2, 0) is 0 Å². The molecule has 5 heteroatoms. The van der Waals surface area contributed by atoms with Gasteiger partial charge in [0.2, 0.25) is 0 Å². The number of furan rings is 1. The molecule has 0 bridgehead atoms. The molecule has 3 aromatic heterocycles. The molecular formula is C49H29N3OS. The van der Waals surface area contributed by atoms with Crippen molar-refractivity contribution in [3.05, 3.63) is 176 Å². The molecule has 0 spiro atoms. The third kappa shape index (κ3) is 4.86. The van der Waals surface area contributed by atoms with Gasteiger partial charge in [-0.25, -0.2) is 15.0 Å². The summed E-state index contributed by atoms with van der Waals surface area (Å²) >= 11 is 1.82. The average Bonchev–Trinajstić information content (AvgIpc) is 3.83. The summed E-state index contributed by atoms with van der Waals surface area (Å²) in [6.45, 7) is 0. The van der Waals surface area contributed by atoms with Crippen LogP contribution in [0.4, 0.5) is 0 Å². The first kappa shape index (κ1) is 30.7. The number of hydrogen-bond acceptors (Lipinski definition) is 5. The molecule has 54 heavy (non-hydrogen) atoms. The SMILES string of the molecule is c1ccc(-c2nc(-c3ccccc3-c3cccc4c3oc3ccccc34)nc(-c3cccc4sc5c(-c6cccc7ccccc67)cccc5c34)n2)cc1. The Morgan fingerprint density at radius 2 is 0.944 bits per heavy atom. The van der Waals surface area contributed by atoms with Crippen LogP contribution in [-0.4, -0.2) is 15.0 Å². The fraction of sp³-hybridized carbons (Fsp3) is 0. The normalized spacial score (nSPS) is 11.7. The average molecular weight is 708 g/mol. The molecule has 4 nitrogen and oxygen atoms in total. The second-order valence-corrected chi connectivity index (χ2v) is 14.5. The number of rotatable bonds is 5. The Morgan fingerprint density at radius 1 is 0.370 bits per heavy atom. The number of para-hydroxylation sites is 2. The zero-order valence-electron chi connectivity index (χ0n) is 28.9. The van der Waals surface area contributed by atoms with E-state index in [1.165, 1.54) is 36.7 Å². The van der Waals surface area contributed by atoms with Crippen LogP contribution in [0.15, 0.2) is 180 Å². The molecule has 0 saturated carbocycles. The highest BCUT2D eigenvalue weighted by atomic mass is 32.1. The maximum absolute atomic E-state index is 6.51. The van der Waals surface area contributed by atoms with E-state index in [4.69, 9.17) is 19.4 Å². The van der Waals surface area contributed by atoms with Crippen molar-refractivity contribution in [2.75, 3.05) is 0 Å². The number of fused-ring (bicyclic) bond motifs is 7. The van der Waals surface area contributed by atoms with E-state index >= 15 is 0 Å². The van der Waals surface area contributed by atoms with Gasteiger partial charge in [-0.2, -0.15) is 0 Å². The largest absolute Gasteiger partial charge is 0.455 e. The van der Waals surface area contributed by atoms with Crippen molar-refractivity contribution >= 4 is 64.2 Å². The molecule has 0 atom stereocenters. The van der Waals surface area contributed by atoms with Crippen molar-refractivity contribution in [2.45, 2.75) is 0 Å². The summed E-state index contributed by atoms with van der Waals surface area (Å²) < 4.78 is 8.95. The quantitative estimate of drug-likeness (QED) is 0.179. The van der Waals surface area contributed by atoms with Crippen LogP contribution in [0, 0.1) is 0 Å². The van der Waals surface area contributed by atoms with Crippen LogP contribution in [0.3, 0.4) is 0 Å². The van der Waals surface area contributed by atoms with Crippen molar-refractivity contribution in [2.24, 2.45) is 0 Å². The van der Waals surface area contributed by atoms with Crippen LogP contribution in [0.25, 0.3) is 109 Å². The van der Waals surface area contributed by atoms with E-state index in [0.29, 0.717) is 17.5 Å². The topological polar surface area (TPSA) is 51.8 Å². The number of aromatic nitrogens is 3. The first-order valence-corrected chi connectivity index (χ1v) is 18.8. The molecule has 8 aromatic carbocycles. The van der Waals surface area contributed by atoms with E-state index in [2.05, 4.69) is 140 Å². The van der Waals surface area contributed by atoms with E-state index < -0.39 is 0 Å². The van der Waals surface area contributed by atoms with Gasteiger partial charge < -0.3 is 4.42 Å². The van der Waals surface area contributed by atoms with Gasteiger partial charge in [0.25, 0.3) is 0 Å². The van der Waals surface area contributed by atoms with Crippen LogP contribution in [0.5, 0.6) is 0 Å². The molecule has 0 saturated heterocycles. The zero-order valence-corrected chi connectivity index (χ0v) is 29.7. The fourth-order valence-electron chi connectivity index (χ4n) is 7.91. The molecule has 11 aromatic rings. The maximum Gasteiger partial charge on any atom is 0.164 e. The van der Waals surface area contributed by atoms with Gasteiger partial charge in [-0.15, -0.1) is 11.3 Å². The lowest BCUT2D eigenvalue weighted by molar-refractivity contribution is 0.670. The monoisotopic (exact) mass is 707 g/mol. The summed E-state index contributed by atoms with van der Waals surface area (Å²) in [5, 5.41) is 7.00. The van der Waals surface area contributed by atoms with Crippen LogP contribution in [0.2, 0.25) is 0 Å². The highest BCUT2D eigenvalue weighted by molar-refractivity contribution is 7.26. The summed E-state index contributed by atoms with van der Waals surface area (Å²) in [6, 6.07) is 61.4. The van der Waals surface area contributed by atoms with Gasteiger partial charge in [0, 0.05) is 58.8 Å². The maximum atomic E-state index is 6.51. The summed E-state index contributed by atoms with van der Waals surface area (Å²) in [4.78, 5) is 15.7. The van der Waals surface area contributed by atoms with Crippen molar-refractivity contribution in [3.63, 3.8) is 0 Å². The molecule has 252 valence electrons. The molecule has 0 fully saturated rings. The smallest absolute Gasteiger partial charge is 0.164 e. The summed E-state index contributed by atoms with van der Waals surface area (Å²) in [7, 11) is 0. The number of nitrogens with zero attached hydrogens (tertiary/aromatic N) is 3. The van der Waals surface area contributed by atoms with Gasteiger partial charge in [0.15, 0.2) is 17.5 Å². The Hall–Kier alpha value is -6.95. The van der Waals surface area contributed by atoms with E-state index in [1.54, 1.807) is 0 Å². The lowest BCUT2D eigenvalue weighted by Crippen LogP contribution is -2.01. The fourth-order valence-corrected chi connectivity index (χ4v) is 9.17. The van der Waals surface area contributed by atoms with Gasteiger partial charge in [-0.1, -0.05) is 164 Å². The van der Waals surface area contributed by atoms with E-state index in [1.807, 2.05) is 47.7 Å². The molecule has 0 N–H and O–H groups in total. The third-order valence-electron chi connectivity index (χ3n) is 10.4. The molecule has 0 aliphatic carbocycles. The van der Waals surface area contributed by atoms with Crippen LogP contribution < -0.4 is 0 Å². The predicted octanol–water partition coefficient (Wildman–Crippen LogP) is 13.6. The van der Waals surface area contributed by atoms with Gasteiger partial charge in [-0.05, 0) is 34.0 Å². The number of benzene rings is 8. The molecule has 3 heterocycles. The second kappa shape index (κ2) is 12.3. The molecule has 0 amide bonds. The Kier molecular flexibility index (Phi) is 7.00. The lowest BCUT2D eigenvalue weighted by atomic mass is 9.96. The van der Waals surface area contributed by atoms with Crippen LogP contribution in [0.1, 0.15) is 0 Å². The first-order chi connectivity index (χ1) is 26.8. The van der Waals surface area contributed by atoms with E-state index in [9.17, 15) is 0 Å². The number of thiophene rings is 1. The Bertz CT molecular complexity index is 3230. The third-order valence-corrected chi connectivity index (χ3v) is 11.6. The minimum absolute atomic E-state index is 0.607. The Balaban J connectivity index is 1.15. The Labute approximate surface area is 314 Å². The van der Waals surface area contributed by atoms with E-state index in [0.717, 1.165) is 55.1 Å². The highest BCUT2D eigenvalue weighted by Crippen LogP contribution is 2.45. The van der Waals surface area contributed by atoms with Crippen molar-refractivity contribution in [1.29, 1.82) is 0 Å². The molecule has 11 rings (SSSR count). The predicted molar refractivity (Wildman–Crippen MR) is 225 cm³/mol. The number of hydrogen-bond donors (Lipinski definition) is 0. The lowest BCUT2D eigenvalue weighted by Gasteiger charge is -2.13. The standard InChI is InChI=1S/C49H29N3OS/c1-2-15-31(16-3-1)47-50-48(39-21-7-6-19-34(39)36-23-11-24-37-35-20-8-9-28-42(35)53-45(36)37)52-49(51-47)41-27-13-29-43-44(41)40-26-12-25-38(46(40)54-43)33-22-10-17-30-14-4-5-18-32(30)33/h1-29H. The molecule has 0 radical (unpaired) electrons. The first-order valence-electron chi connectivity index (χ1n) is 18.0. The Morgan fingerprint density at radius 3 is 1.83 bits per heavy atom. The van der Waals surface area contributed by atoms with Gasteiger partial charge in [0.1, 0.15) is 11.2 Å². The van der Waals surface area contributed by atoms with Crippen molar-refractivity contribution in [1.82, 2.24) is 15.0 Å². The van der Waals surface area contributed by atoms with Crippen LogP contribution >= 0.6 is 11.3 Å². The molecule has 0 aliphatic heterocycles. The molecular weight excluding hydrogens is 679 g/mol. The van der Waals surface area contributed by atoms with E-state index in [-0.39, 0.29) is 0 Å². The van der Waals surface area contributed by atoms with Crippen molar-refractivity contribution < 1.29 is 4.42 Å². The molecule has 0 aliphatic rings. The summed E-state index contributed by atoms with van der Waals surface area (Å²) in [5.74, 6) is 1.87. The van der Waals surface area contributed by atoms with Gasteiger partial charge >= 0.3 is 0 Å². The highest BCUT2D eigenvalue weighted by Gasteiger charge is 2.21. The minimum Gasteiger partial charge on any atom is -0.455 e. The minimum atomic E-state index is 0.607. The second-order valence-electron chi connectivity index (χ2n) is 13.5. The summed E-state index contributed by atoms with van der Waals surface area (Å²) in [6.07, 6.45) is 0. The van der Waals surface area contributed by atoms with Gasteiger partial charge in [-0.3, -0.25) is 0 Å². The molecule has 0 unspecified atom stereocenters.